The minimum atomic E-state index is -1.10. The summed E-state index contributed by atoms with van der Waals surface area (Å²) >= 11 is 6.04. The van der Waals surface area contributed by atoms with Crippen LogP contribution in [0.3, 0.4) is 0 Å². The molecule has 0 aromatic heterocycles. The van der Waals surface area contributed by atoms with E-state index in [2.05, 4.69) is 29.6 Å². The van der Waals surface area contributed by atoms with Crippen molar-refractivity contribution in [1.29, 1.82) is 5.41 Å². The van der Waals surface area contributed by atoms with Crippen molar-refractivity contribution in [2.75, 3.05) is 26.8 Å². The molecule has 0 saturated carbocycles. The Kier molecular flexibility index (Phi) is 10.5. The van der Waals surface area contributed by atoms with Crippen molar-refractivity contribution in [1.82, 2.24) is 10.2 Å². The molecular weight excluding hydrogens is 572 g/mol. The van der Waals surface area contributed by atoms with Crippen LogP contribution in [0.1, 0.15) is 24.0 Å². The maximum Gasteiger partial charge on any atom is 0.225 e. The van der Waals surface area contributed by atoms with Gasteiger partial charge in [0, 0.05) is 25.2 Å². The third kappa shape index (κ3) is 7.83. The van der Waals surface area contributed by atoms with Crippen LogP contribution in [0.5, 0.6) is 0 Å². The molecule has 2 aliphatic heterocycles. The summed E-state index contributed by atoms with van der Waals surface area (Å²) in [6.45, 7) is 1.59. The van der Waals surface area contributed by atoms with Crippen molar-refractivity contribution in [2.24, 2.45) is 11.7 Å². The number of nitrogens with two attached hydrogens (primary N) is 1. The van der Waals surface area contributed by atoms with Gasteiger partial charge in [-0.2, -0.15) is 0 Å². The monoisotopic (exact) mass is 610 g/mol. The molecule has 5 N–H and O–H groups in total. The largest absolute Gasteiger partial charge is 0.388 e. The van der Waals surface area contributed by atoms with Gasteiger partial charge in [0.1, 0.15) is 24.4 Å². The number of nitrogens with zero attached hydrogens (tertiary/aromatic N) is 1. The number of likely N-dealkylation sites (tertiary alicyclic amines) is 1. The molecule has 2 saturated heterocycles. The fraction of sp³-hybridized carbons (Fsp3) is 0.438. The normalized spacial score (nSPS) is 25.9. The quantitative estimate of drug-likeness (QED) is 0.202. The van der Waals surface area contributed by atoms with E-state index in [0.717, 1.165) is 28.3 Å². The molecule has 2 fully saturated rings. The summed E-state index contributed by atoms with van der Waals surface area (Å²) in [6.07, 6.45) is -2.23. The fourth-order valence-electron chi connectivity index (χ4n) is 5.71. The van der Waals surface area contributed by atoms with Gasteiger partial charge in [0.2, 0.25) is 5.91 Å². The van der Waals surface area contributed by atoms with Crippen LogP contribution >= 0.6 is 11.6 Å². The average molecular weight is 611 g/mol. The number of carbonyl (C=O) groups excluding carboxylic acids is 1. The summed E-state index contributed by atoms with van der Waals surface area (Å²) in [5.41, 5.74) is 7.55. The van der Waals surface area contributed by atoms with Crippen LogP contribution in [0, 0.1) is 11.3 Å². The zero-order chi connectivity index (χ0) is 30.3. The van der Waals surface area contributed by atoms with Crippen LogP contribution in [0.4, 0.5) is 0 Å². The molecular formula is C32H39ClN4O6. The number of fused-ring (bicyclic) bond motifs is 1. The molecule has 0 spiro atoms. The van der Waals surface area contributed by atoms with Crippen molar-refractivity contribution in [2.45, 2.75) is 56.7 Å². The van der Waals surface area contributed by atoms with Gasteiger partial charge in [-0.3, -0.25) is 10.2 Å². The SMILES string of the molecule is CO[C@H]1[C@H](O)[C@@H](COCc2ccc3ccccc3c2)OC(OCc2ccc(Cl)cc2)[C@@H]1NC(=O)C1CCCN(C(=N)N)C1. The Morgan fingerprint density at radius 1 is 1.12 bits per heavy atom. The van der Waals surface area contributed by atoms with Crippen molar-refractivity contribution < 1.29 is 28.8 Å². The van der Waals surface area contributed by atoms with Gasteiger partial charge < -0.3 is 40.0 Å². The van der Waals surface area contributed by atoms with Gasteiger partial charge in [0.25, 0.3) is 0 Å². The summed E-state index contributed by atoms with van der Waals surface area (Å²) < 4.78 is 24.2. The highest BCUT2D eigenvalue weighted by Gasteiger charge is 2.47. The van der Waals surface area contributed by atoms with Gasteiger partial charge >= 0.3 is 0 Å². The van der Waals surface area contributed by atoms with E-state index in [-0.39, 0.29) is 31.0 Å². The molecule has 1 amide bonds. The second kappa shape index (κ2) is 14.5. The van der Waals surface area contributed by atoms with Crippen molar-refractivity contribution in [3.05, 3.63) is 82.9 Å². The molecule has 6 atom stereocenters. The molecule has 0 bridgehead atoms. The Labute approximate surface area is 256 Å². The van der Waals surface area contributed by atoms with E-state index in [1.54, 1.807) is 17.0 Å². The van der Waals surface area contributed by atoms with Gasteiger partial charge in [0.15, 0.2) is 12.2 Å². The number of amides is 1. The molecule has 2 heterocycles. The van der Waals surface area contributed by atoms with Gasteiger partial charge in [0.05, 0.1) is 25.7 Å². The molecule has 0 aliphatic carbocycles. The number of halogens is 1. The Morgan fingerprint density at radius 3 is 2.60 bits per heavy atom. The Bertz CT molecular complexity index is 1390. The number of methoxy groups -OCH3 is 1. The maximum atomic E-state index is 13.4. The van der Waals surface area contributed by atoms with Crippen LogP contribution in [-0.4, -0.2) is 79.3 Å². The number of aliphatic hydroxyl groups excluding tert-OH is 1. The highest BCUT2D eigenvalue weighted by Crippen LogP contribution is 2.27. The number of carbonyl (C=O) groups is 1. The van der Waals surface area contributed by atoms with Crippen LogP contribution in [0.15, 0.2) is 66.7 Å². The molecule has 2 aliphatic rings. The zero-order valence-corrected chi connectivity index (χ0v) is 24.9. The summed E-state index contributed by atoms with van der Waals surface area (Å²) in [5, 5.41) is 25.0. The minimum absolute atomic E-state index is 0.0561. The van der Waals surface area contributed by atoms with E-state index in [4.69, 9.17) is 41.7 Å². The van der Waals surface area contributed by atoms with Crippen molar-refractivity contribution in [3.8, 4) is 0 Å². The lowest BCUT2D eigenvalue weighted by Gasteiger charge is -2.44. The first-order valence-corrected chi connectivity index (χ1v) is 14.9. The molecule has 3 aromatic carbocycles. The molecule has 230 valence electrons. The first-order valence-electron chi connectivity index (χ1n) is 14.5. The molecule has 11 heteroatoms. The van der Waals surface area contributed by atoms with E-state index < -0.39 is 30.6 Å². The third-order valence-corrected chi connectivity index (χ3v) is 8.33. The number of benzene rings is 3. The first-order chi connectivity index (χ1) is 20.8. The van der Waals surface area contributed by atoms with Crippen LogP contribution in [0.2, 0.25) is 5.02 Å². The van der Waals surface area contributed by atoms with Crippen LogP contribution in [0.25, 0.3) is 10.8 Å². The number of piperidine rings is 1. The minimum Gasteiger partial charge on any atom is -0.388 e. The van der Waals surface area contributed by atoms with E-state index in [1.165, 1.54) is 7.11 Å². The van der Waals surface area contributed by atoms with E-state index in [1.807, 2.05) is 30.3 Å². The van der Waals surface area contributed by atoms with E-state index in [0.29, 0.717) is 31.1 Å². The number of ether oxygens (including phenoxy) is 4. The summed E-state index contributed by atoms with van der Waals surface area (Å²) in [4.78, 5) is 15.1. The Balaban J connectivity index is 1.28. The number of nitrogens with one attached hydrogen (secondary N) is 2. The highest BCUT2D eigenvalue weighted by molar-refractivity contribution is 6.30. The molecule has 10 nitrogen and oxygen atoms in total. The van der Waals surface area contributed by atoms with Crippen LogP contribution in [-0.2, 0) is 37.0 Å². The average Bonchev–Trinajstić information content (AvgIpc) is 3.02. The zero-order valence-electron chi connectivity index (χ0n) is 24.2. The standard InChI is InChI=1S/C32H39ClN4O6/c1-40-29-27(36-30(39)24-7-4-14-37(16-24)32(34)35)31(42-18-20-9-12-25(33)13-10-20)43-26(28(29)38)19-41-17-21-8-11-22-5-2-3-6-23(22)15-21/h2-3,5-6,8-13,15,24,26-29,31,38H,4,7,14,16-19H2,1H3,(H3,34,35)(H,36,39)/t24?,26-,27-,28-,29-,31?/m1/s1. The summed E-state index contributed by atoms with van der Waals surface area (Å²) in [6, 6.07) is 20.7. The van der Waals surface area contributed by atoms with E-state index >= 15 is 0 Å². The Morgan fingerprint density at radius 2 is 1.86 bits per heavy atom. The fourth-order valence-corrected chi connectivity index (χ4v) is 5.83. The lowest BCUT2D eigenvalue weighted by molar-refractivity contribution is -0.280. The Hall–Kier alpha value is -3.25. The summed E-state index contributed by atoms with van der Waals surface area (Å²) in [5.74, 6) is -0.675. The predicted molar refractivity (Wildman–Crippen MR) is 163 cm³/mol. The lowest BCUT2D eigenvalue weighted by Crippen LogP contribution is -2.66. The third-order valence-electron chi connectivity index (χ3n) is 8.08. The molecule has 3 aromatic rings. The molecule has 2 unspecified atom stereocenters. The van der Waals surface area contributed by atoms with Gasteiger partial charge in [-0.15, -0.1) is 0 Å². The number of rotatable bonds is 10. The van der Waals surface area contributed by atoms with E-state index in [9.17, 15) is 9.90 Å². The second-order valence-corrected chi connectivity index (χ2v) is 11.5. The lowest BCUT2D eigenvalue weighted by atomic mass is 9.93. The number of hydrogen-bond acceptors (Lipinski definition) is 7. The second-order valence-electron chi connectivity index (χ2n) is 11.1. The predicted octanol–water partition coefficient (Wildman–Crippen LogP) is 3.42. The molecule has 0 radical (unpaired) electrons. The topological polar surface area (TPSA) is 139 Å². The maximum absolute atomic E-state index is 13.4. The van der Waals surface area contributed by atoms with Crippen LogP contribution < -0.4 is 11.1 Å². The van der Waals surface area contributed by atoms with Gasteiger partial charge in [-0.1, -0.05) is 60.1 Å². The van der Waals surface area contributed by atoms with Crippen molar-refractivity contribution >= 4 is 34.2 Å². The molecule has 43 heavy (non-hydrogen) atoms. The van der Waals surface area contributed by atoms with Crippen molar-refractivity contribution in [3.63, 3.8) is 0 Å². The van der Waals surface area contributed by atoms with Gasteiger partial charge in [-0.05, 0) is 52.9 Å². The smallest absolute Gasteiger partial charge is 0.225 e. The number of hydrogen-bond donors (Lipinski definition) is 4. The first kappa shape index (κ1) is 31.2. The molecule has 5 rings (SSSR count). The van der Waals surface area contributed by atoms with Gasteiger partial charge in [-0.25, -0.2) is 0 Å². The number of guanidine groups is 1. The summed E-state index contributed by atoms with van der Waals surface area (Å²) in [7, 11) is 1.49. The number of aliphatic hydroxyl groups is 1. The highest BCUT2D eigenvalue weighted by atomic mass is 35.5.